The van der Waals surface area contributed by atoms with E-state index < -0.39 is 0 Å². The summed E-state index contributed by atoms with van der Waals surface area (Å²) in [6.07, 6.45) is 3.46. The predicted octanol–water partition coefficient (Wildman–Crippen LogP) is 8.01. The van der Waals surface area contributed by atoms with E-state index in [2.05, 4.69) is 46.1 Å². The van der Waals surface area contributed by atoms with E-state index >= 15 is 0 Å². The highest BCUT2D eigenvalue weighted by atomic mass is 15.4. The van der Waals surface area contributed by atoms with E-state index in [1.54, 1.807) is 12.4 Å². The Balaban J connectivity index is 1.19. The van der Waals surface area contributed by atoms with E-state index in [0.29, 0.717) is 40.6 Å². The number of fused-ring (bicyclic) bond motifs is 3. The summed E-state index contributed by atoms with van der Waals surface area (Å²) in [5, 5.41) is 11.7. The fourth-order valence-corrected chi connectivity index (χ4v) is 6.02. The Labute approximate surface area is 274 Å². The van der Waals surface area contributed by atoms with Crippen LogP contribution in [0.15, 0.2) is 152 Å². The molecule has 5 aromatic carbocycles. The number of aromatic nitrogens is 9. The van der Waals surface area contributed by atoms with Crippen LogP contribution in [0.3, 0.4) is 0 Å². The zero-order valence-corrected chi connectivity index (χ0v) is 25.5. The van der Waals surface area contributed by atoms with E-state index in [1.807, 2.05) is 108 Å². The van der Waals surface area contributed by atoms with Crippen LogP contribution >= 0.6 is 0 Å². The normalized spacial score (nSPS) is 11.3. The van der Waals surface area contributed by atoms with Gasteiger partial charge in [0.2, 0.25) is 11.8 Å². The third-order valence-electron chi connectivity index (χ3n) is 8.25. The van der Waals surface area contributed by atoms with Crippen molar-refractivity contribution in [3.05, 3.63) is 152 Å². The molecule has 4 heterocycles. The maximum atomic E-state index is 4.82. The molecule has 0 aliphatic carbocycles. The van der Waals surface area contributed by atoms with Crippen LogP contribution in [0.5, 0.6) is 0 Å². The minimum Gasteiger partial charge on any atom is -0.278 e. The Morgan fingerprint density at radius 3 is 1.38 bits per heavy atom. The van der Waals surface area contributed by atoms with E-state index in [9.17, 15) is 0 Å². The highest BCUT2D eigenvalue weighted by Gasteiger charge is 2.23. The second-order valence-corrected chi connectivity index (χ2v) is 11.2. The fourth-order valence-electron chi connectivity index (χ4n) is 6.02. The molecule has 4 aromatic heterocycles. The quantitative estimate of drug-likeness (QED) is 0.186. The van der Waals surface area contributed by atoms with Gasteiger partial charge in [0.1, 0.15) is 0 Å². The van der Waals surface area contributed by atoms with Crippen molar-refractivity contribution in [3.8, 4) is 57.4 Å². The molecule has 48 heavy (non-hydrogen) atoms. The summed E-state index contributed by atoms with van der Waals surface area (Å²) in [6.45, 7) is 0. The average molecular weight is 620 g/mol. The molecule has 9 rings (SSSR count). The standard InChI is InChI=1S/C39H25N9/c1-4-14-26(15-5-1)34-42-35(27-16-6-2-7-17-27)44-36(43-34)28-24-40-37(41-25-28)38-45-46-39(47(38)29-18-8-3-9-19-29)48-32-22-12-10-20-30(32)31-21-11-13-23-33(31)48/h1-25H. The molecule has 9 heteroatoms. The zero-order chi connectivity index (χ0) is 31.9. The van der Waals surface area contributed by atoms with Crippen LogP contribution in [0.25, 0.3) is 79.3 Å². The van der Waals surface area contributed by atoms with E-state index in [0.717, 1.165) is 38.6 Å². The average Bonchev–Trinajstić information content (AvgIpc) is 3.75. The van der Waals surface area contributed by atoms with Crippen LogP contribution in [0.1, 0.15) is 0 Å². The molecule has 0 fully saturated rings. The van der Waals surface area contributed by atoms with Gasteiger partial charge < -0.3 is 0 Å². The topological polar surface area (TPSA) is 100 Å². The molecule has 226 valence electrons. The minimum atomic E-state index is 0.419. The first-order valence-corrected chi connectivity index (χ1v) is 15.5. The number of benzene rings is 5. The number of hydrogen-bond donors (Lipinski definition) is 0. The molecule has 0 radical (unpaired) electrons. The van der Waals surface area contributed by atoms with Crippen LogP contribution in [0, 0.1) is 0 Å². The highest BCUT2D eigenvalue weighted by molar-refractivity contribution is 6.09. The molecule has 0 saturated heterocycles. The first kappa shape index (κ1) is 27.4. The van der Waals surface area contributed by atoms with Gasteiger partial charge in [-0.25, -0.2) is 24.9 Å². The smallest absolute Gasteiger partial charge is 0.241 e. The summed E-state index contributed by atoms with van der Waals surface area (Å²) < 4.78 is 4.14. The van der Waals surface area contributed by atoms with Gasteiger partial charge in [-0.1, -0.05) is 115 Å². The van der Waals surface area contributed by atoms with Gasteiger partial charge in [-0.15, -0.1) is 10.2 Å². The Hall–Kier alpha value is -6.87. The Bertz CT molecular complexity index is 2430. The van der Waals surface area contributed by atoms with Crippen LogP contribution in [0.2, 0.25) is 0 Å². The summed E-state index contributed by atoms with van der Waals surface area (Å²) in [5.74, 6) is 3.19. The van der Waals surface area contributed by atoms with Gasteiger partial charge in [0.25, 0.3) is 0 Å². The maximum absolute atomic E-state index is 4.82. The van der Waals surface area contributed by atoms with Gasteiger partial charge in [0.05, 0.1) is 22.3 Å². The van der Waals surface area contributed by atoms with Crippen LogP contribution < -0.4 is 0 Å². The molecule has 0 N–H and O–H groups in total. The third kappa shape index (κ3) is 4.69. The number of hydrogen-bond acceptors (Lipinski definition) is 7. The molecule has 0 amide bonds. The second kappa shape index (κ2) is 11.5. The minimum absolute atomic E-state index is 0.419. The lowest BCUT2D eigenvalue weighted by Gasteiger charge is -2.12. The molecule has 0 spiro atoms. The number of rotatable bonds is 6. The van der Waals surface area contributed by atoms with Crippen LogP contribution in [-0.2, 0) is 0 Å². The molecule has 9 nitrogen and oxygen atoms in total. The highest BCUT2D eigenvalue weighted by Crippen LogP contribution is 2.33. The molecule has 0 aliphatic heterocycles. The van der Waals surface area contributed by atoms with Gasteiger partial charge in [0, 0.05) is 34.3 Å². The Morgan fingerprint density at radius 2 is 0.833 bits per heavy atom. The summed E-state index contributed by atoms with van der Waals surface area (Å²) in [7, 11) is 0. The van der Waals surface area contributed by atoms with Crippen LogP contribution in [-0.4, -0.2) is 44.3 Å². The molecule has 0 aliphatic rings. The van der Waals surface area contributed by atoms with Crippen molar-refractivity contribution in [2.45, 2.75) is 0 Å². The summed E-state index contributed by atoms with van der Waals surface area (Å²) in [5.41, 5.74) is 5.39. The Kier molecular flexibility index (Phi) is 6.57. The zero-order valence-electron chi connectivity index (χ0n) is 25.5. The van der Waals surface area contributed by atoms with Gasteiger partial charge in [0.15, 0.2) is 23.3 Å². The van der Waals surface area contributed by atoms with E-state index in [1.165, 1.54) is 0 Å². The lowest BCUT2D eigenvalue weighted by atomic mass is 10.2. The molecule has 0 unspecified atom stereocenters. The van der Waals surface area contributed by atoms with Crippen molar-refractivity contribution in [2.24, 2.45) is 0 Å². The lowest BCUT2D eigenvalue weighted by Crippen LogP contribution is -2.07. The summed E-state index contributed by atoms with van der Waals surface area (Å²) in [4.78, 5) is 24.0. The first-order chi connectivity index (χ1) is 23.8. The fraction of sp³-hybridized carbons (Fsp3) is 0. The van der Waals surface area contributed by atoms with Crippen LogP contribution in [0.4, 0.5) is 0 Å². The van der Waals surface area contributed by atoms with Gasteiger partial charge >= 0.3 is 0 Å². The largest absolute Gasteiger partial charge is 0.278 e. The van der Waals surface area contributed by atoms with Gasteiger partial charge in [-0.05, 0) is 24.3 Å². The number of nitrogens with zero attached hydrogens (tertiary/aromatic N) is 9. The molecule has 0 atom stereocenters. The van der Waals surface area contributed by atoms with Crippen molar-refractivity contribution in [3.63, 3.8) is 0 Å². The molecular weight excluding hydrogens is 594 g/mol. The van der Waals surface area contributed by atoms with Crippen molar-refractivity contribution in [2.75, 3.05) is 0 Å². The van der Waals surface area contributed by atoms with E-state index in [4.69, 9.17) is 30.0 Å². The SMILES string of the molecule is c1ccc(-c2nc(-c3ccccc3)nc(-c3cnc(-c4nnc(-n5c6ccccc6c6ccccc65)n4-c4ccccc4)nc3)n2)cc1. The summed E-state index contributed by atoms with van der Waals surface area (Å²) in [6, 6.07) is 46.4. The van der Waals surface area contributed by atoms with Gasteiger partial charge in [-0.2, -0.15) is 0 Å². The summed E-state index contributed by atoms with van der Waals surface area (Å²) >= 11 is 0. The van der Waals surface area contributed by atoms with Crippen molar-refractivity contribution < 1.29 is 0 Å². The molecular formula is C39H25N9. The van der Waals surface area contributed by atoms with Gasteiger partial charge in [-0.3, -0.25) is 9.13 Å². The monoisotopic (exact) mass is 619 g/mol. The first-order valence-electron chi connectivity index (χ1n) is 15.5. The maximum Gasteiger partial charge on any atom is 0.241 e. The number of para-hydroxylation sites is 3. The third-order valence-corrected chi connectivity index (χ3v) is 8.25. The molecule has 9 aromatic rings. The van der Waals surface area contributed by atoms with Crippen molar-refractivity contribution in [1.82, 2.24) is 44.3 Å². The Morgan fingerprint density at radius 1 is 0.375 bits per heavy atom. The van der Waals surface area contributed by atoms with Crippen molar-refractivity contribution >= 4 is 21.8 Å². The molecule has 0 bridgehead atoms. The molecule has 0 saturated carbocycles. The second-order valence-electron chi connectivity index (χ2n) is 11.2. The predicted molar refractivity (Wildman–Crippen MR) is 186 cm³/mol. The van der Waals surface area contributed by atoms with E-state index in [-0.39, 0.29) is 0 Å². The lowest BCUT2D eigenvalue weighted by molar-refractivity contribution is 0.929. The van der Waals surface area contributed by atoms with Crippen molar-refractivity contribution in [1.29, 1.82) is 0 Å².